The van der Waals surface area contributed by atoms with Crippen molar-refractivity contribution in [2.75, 3.05) is 13.2 Å². The van der Waals surface area contributed by atoms with Crippen LogP contribution < -0.4 is 10.6 Å². The number of carbonyl (C=O) groups excluding carboxylic acids is 1. The van der Waals surface area contributed by atoms with E-state index in [0.29, 0.717) is 24.0 Å². The van der Waals surface area contributed by atoms with E-state index in [9.17, 15) is 4.79 Å². The maximum absolute atomic E-state index is 11.7. The van der Waals surface area contributed by atoms with E-state index in [1.807, 2.05) is 0 Å². The highest BCUT2D eigenvalue weighted by Crippen LogP contribution is 2.32. The highest BCUT2D eigenvalue weighted by atomic mass is 16.5. The molecule has 4 nitrogen and oxygen atoms in total. The number of urea groups is 1. The lowest BCUT2D eigenvalue weighted by Crippen LogP contribution is -2.44. The summed E-state index contributed by atoms with van der Waals surface area (Å²) in [5, 5.41) is 5.99. The number of hydrogen-bond acceptors (Lipinski definition) is 2. The van der Waals surface area contributed by atoms with Crippen LogP contribution in [0.3, 0.4) is 0 Å². The largest absolute Gasteiger partial charge is 0.378 e. The van der Waals surface area contributed by atoms with Crippen molar-refractivity contribution in [2.24, 2.45) is 11.8 Å². The van der Waals surface area contributed by atoms with Gasteiger partial charge in [-0.1, -0.05) is 0 Å². The molecule has 2 N–H and O–H groups in total. The number of amides is 2. The van der Waals surface area contributed by atoms with E-state index in [1.165, 1.54) is 12.8 Å². The summed E-state index contributed by atoms with van der Waals surface area (Å²) in [6.45, 7) is 5.79. The Balaban J connectivity index is 1.61. The summed E-state index contributed by atoms with van der Waals surface area (Å²) in [6.07, 6.45) is 4.98. The quantitative estimate of drug-likeness (QED) is 0.788. The van der Waals surface area contributed by atoms with Crippen LogP contribution in [-0.4, -0.2) is 31.3 Å². The van der Waals surface area contributed by atoms with Crippen LogP contribution in [0.25, 0.3) is 0 Å². The monoisotopic (exact) mass is 240 g/mol. The lowest BCUT2D eigenvalue weighted by atomic mass is 9.96. The van der Waals surface area contributed by atoms with Gasteiger partial charge < -0.3 is 15.4 Å². The van der Waals surface area contributed by atoms with Gasteiger partial charge in [-0.25, -0.2) is 4.79 Å². The van der Waals surface area contributed by atoms with Gasteiger partial charge in [0.15, 0.2) is 0 Å². The minimum Gasteiger partial charge on any atom is -0.378 e. The SMILES string of the molecule is CC1CC(CNC(=O)NC(C)C2CC2)CCO1. The third-order valence-electron chi connectivity index (χ3n) is 3.83. The van der Waals surface area contributed by atoms with Gasteiger partial charge in [0.25, 0.3) is 0 Å². The minimum atomic E-state index is -0.0106. The normalized spacial score (nSPS) is 30.7. The first-order valence-electron chi connectivity index (χ1n) is 6.81. The van der Waals surface area contributed by atoms with Gasteiger partial charge in [-0.2, -0.15) is 0 Å². The molecule has 0 aromatic rings. The first-order chi connectivity index (χ1) is 8.15. The van der Waals surface area contributed by atoms with Crippen LogP contribution in [-0.2, 0) is 4.74 Å². The van der Waals surface area contributed by atoms with Crippen molar-refractivity contribution in [3.63, 3.8) is 0 Å². The molecule has 0 radical (unpaired) electrons. The second-order valence-corrected chi connectivity index (χ2v) is 5.55. The molecule has 0 aromatic carbocycles. The molecule has 1 aliphatic heterocycles. The van der Waals surface area contributed by atoms with E-state index in [2.05, 4.69) is 24.5 Å². The molecule has 2 amide bonds. The fraction of sp³-hybridized carbons (Fsp3) is 0.923. The maximum Gasteiger partial charge on any atom is 0.315 e. The van der Waals surface area contributed by atoms with Crippen LogP contribution in [0, 0.1) is 11.8 Å². The van der Waals surface area contributed by atoms with Gasteiger partial charge in [-0.3, -0.25) is 0 Å². The van der Waals surface area contributed by atoms with Crippen LogP contribution in [0.1, 0.15) is 39.5 Å². The third-order valence-corrected chi connectivity index (χ3v) is 3.83. The predicted molar refractivity (Wildman–Crippen MR) is 66.9 cm³/mol. The van der Waals surface area contributed by atoms with Crippen LogP contribution in [0.15, 0.2) is 0 Å². The molecular formula is C13H24N2O2. The topological polar surface area (TPSA) is 50.4 Å². The molecule has 2 rings (SSSR count). The maximum atomic E-state index is 11.7. The van der Waals surface area contributed by atoms with Gasteiger partial charge >= 0.3 is 6.03 Å². The van der Waals surface area contributed by atoms with E-state index in [1.54, 1.807) is 0 Å². The molecule has 3 unspecified atom stereocenters. The van der Waals surface area contributed by atoms with Gasteiger partial charge in [-0.05, 0) is 51.4 Å². The summed E-state index contributed by atoms with van der Waals surface area (Å²) in [5.74, 6) is 1.28. The van der Waals surface area contributed by atoms with Crippen molar-refractivity contribution < 1.29 is 9.53 Å². The van der Waals surface area contributed by atoms with Crippen molar-refractivity contribution in [3.05, 3.63) is 0 Å². The zero-order valence-electron chi connectivity index (χ0n) is 10.9. The second kappa shape index (κ2) is 5.71. The Morgan fingerprint density at radius 1 is 1.41 bits per heavy atom. The molecule has 2 aliphatic rings. The molecule has 1 heterocycles. The summed E-state index contributed by atoms with van der Waals surface area (Å²) in [7, 11) is 0. The third kappa shape index (κ3) is 4.19. The first-order valence-corrected chi connectivity index (χ1v) is 6.81. The molecular weight excluding hydrogens is 216 g/mol. The van der Waals surface area contributed by atoms with E-state index in [-0.39, 0.29) is 6.03 Å². The summed E-state index contributed by atoms with van der Waals surface area (Å²) in [4.78, 5) is 11.7. The van der Waals surface area contributed by atoms with E-state index in [0.717, 1.165) is 26.0 Å². The predicted octanol–water partition coefficient (Wildman–Crippen LogP) is 1.90. The molecule has 0 aromatic heterocycles. The highest BCUT2D eigenvalue weighted by Gasteiger charge is 2.29. The van der Waals surface area contributed by atoms with Crippen LogP contribution in [0.5, 0.6) is 0 Å². The number of carbonyl (C=O) groups is 1. The summed E-state index contributed by atoms with van der Waals surface area (Å²) in [6, 6.07) is 0.312. The lowest BCUT2D eigenvalue weighted by molar-refractivity contribution is 0.00345. The number of hydrogen-bond donors (Lipinski definition) is 2. The molecule has 98 valence electrons. The smallest absolute Gasteiger partial charge is 0.315 e. The van der Waals surface area contributed by atoms with Crippen molar-refractivity contribution >= 4 is 6.03 Å². The van der Waals surface area contributed by atoms with E-state index in [4.69, 9.17) is 4.74 Å². The Bertz CT molecular complexity index is 266. The minimum absolute atomic E-state index is 0.0106. The fourth-order valence-electron chi connectivity index (χ4n) is 2.49. The average Bonchev–Trinajstić information content (AvgIpc) is 3.10. The van der Waals surface area contributed by atoms with Crippen molar-refractivity contribution in [1.82, 2.24) is 10.6 Å². The summed E-state index contributed by atoms with van der Waals surface area (Å²) >= 11 is 0. The highest BCUT2D eigenvalue weighted by molar-refractivity contribution is 5.74. The Hall–Kier alpha value is -0.770. The molecule has 1 aliphatic carbocycles. The van der Waals surface area contributed by atoms with Gasteiger partial charge in [0, 0.05) is 19.2 Å². The molecule has 3 atom stereocenters. The lowest BCUT2D eigenvalue weighted by Gasteiger charge is -2.27. The molecule has 1 saturated carbocycles. The van der Waals surface area contributed by atoms with Crippen molar-refractivity contribution in [2.45, 2.75) is 51.7 Å². The molecule has 1 saturated heterocycles. The average molecular weight is 240 g/mol. The van der Waals surface area contributed by atoms with Crippen molar-refractivity contribution in [1.29, 1.82) is 0 Å². The molecule has 0 spiro atoms. The Labute approximate surface area is 103 Å². The van der Waals surface area contributed by atoms with E-state index >= 15 is 0 Å². The Morgan fingerprint density at radius 3 is 2.82 bits per heavy atom. The van der Waals surface area contributed by atoms with Crippen molar-refractivity contribution in [3.8, 4) is 0 Å². The Morgan fingerprint density at radius 2 is 2.18 bits per heavy atom. The molecule has 2 fully saturated rings. The first kappa shape index (κ1) is 12.7. The molecule has 0 bridgehead atoms. The number of rotatable bonds is 4. The van der Waals surface area contributed by atoms with E-state index < -0.39 is 0 Å². The number of ether oxygens (including phenoxy) is 1. The zero-order chi connectivity index (χ0) is 12.3. The number of nitrogens with one attached hydrogen (secondary N) is 2. The summed E-state index contributed by atoms with van der Waals surface area (Å²) in [5.41, 5.74) is 0. The van der Waals surface area contributed by atoms with Crippen LogP contribution in [0.2, 0.25) is 0 Å². The van der Waals surface area contributed by atoms with Crippen LogP contribution in [0.4, 0.5) is 4.79 Å². The Kier molecular flexibility index (Phi) is 4.26. The van der Waals surface area contributed by atoms with Gasteiger partial charge in [0.2, 0.25) is 0 Å². The van der Waals surface area contributed by atoms with Gasteiger partial charge in [-0.15, -0.1) is 0 Å². The van der Waals surface area contributed by atoms with Gasteiger partial charge in [0.05, 0.1) is 6.10 Å². The van der Waals surface area contributed by atoms with Crippen LogP contribution >= 0.6 is 0 Å². The van der Waals surface area contributed by atoms with Gasteiger partial charge in [0.1, 0.15) is 0 Å². The molecule has 4 heteroatoms. The standard InChI is InChI=1S/C13H24N2O2/c1-9-7-11(5-6-17-9)8-14-13(16)15-10(2)12-3-4-12/h9-12H,3-8H2,1-2H3,(H2,14,15,16). The molecule has 17 heavy (non-hydrogen) atoms. The second-order valence-electron chi connectivity index (χ2n) is 5.55. The fourth-order valence-corrected chi connectivity index (χ4v) is 2.49. The summed E-state index contributed by atoms with van der Waals surface area (Å²) < 4.78 is 5.49. The zero-order valence-corrected chi connectivity index (χ0v) is 10.9.